The molecular weight excluding hydrogens is 346 g/mol. The first-order valence-corrected chi connectivity index (χ1v) is 8.83. The molecule has 116 valence electrons. The number of amides is 1. The fourth-order valence-corrected chi connectivity index (χ4v) is 4.11. The van der Waals surface area contributed by atoms with Gasteiger partial charge in [0.2, 0.25) is 0 Å². The number of carbonyl (C=O) groups is 1. The van der Waals surface area contributed by atoms with Gasteiger partial charge in [0.25, 0.3) is 5.91 Å². The third-order valence-corrected chi connectivity index (χ3v) is 5.84. The molecule has 22 heavy (non-hydrogen) atoms. The van der Waals surface area contributed by atoms with Crippen molar-refractivity contribution < 1.29 is 13.7 Å². The van der Waals surface area contributed by atoms with E-state index >= 15 is 0 Å². The molecule has 1 aromatic heterocycles. The van der Waals surface area contributed by atoms with Gasteiger partial charge in [-0.2, -0.15) is 0 Å². The van der Waals surface area contributed by atoms with Crippen molar-refractivity contribution in [1.82, 2.24) is 14.5 Å². The highest BCUT2D eigenvalue weighted by Gasteiger charge is 2.27. The maximum atomic E-state index is 12.6. The van der Waals surface area contributed by atoms with E-state index in [0.717, 1.165) is 11.5 Å². The lowest BCUT2D eigenvalue weighted by Gasteiger charge is -2.26. The van der Waals surface area contributed by atoms with Gasteiger partial charge in [-0.1, -0.05) is 16.1 Å². The summed E-state index contributed by atoms with van der Waals surface area (Å²) in [5.74, 6) is -0.255. The molecule has 0 spiro atoms. The molecule has 2 heterocycles. The fraction of sp³-hybridized carbons (Fsp3) is 0.308. The summed E-state index contributed by atoms with van der Waals surface area (Å²) in [5, 5.41) is 4.44. The Kier molecular flexibility index (Phi) is 4.82. The van der Waals surface area contributed by atoms with Crippen molar-refractivity contribution in [2.24, 2.45) is 0 Å². The van der Waals surface area contributed by atoms with E-state index in [9.17, 15) is 9.00 Å². The van der Waals surface area contributed by atoms with Gasteiger partial charge in [0.1, 0.15) is 0 Å². The lowest BCUT2D eigenvalue weighted by Crippen LogP contribution is -2.41. The highest BCUT2D eigenvalue weighted by atomic mass is 35.5. The Bertz CT molecular complexity index is 699. The summed E-state index contributed by atoms with van der Waals surface area (Å²) in [5.41, 5.74) is 0.153. The lowest BCUT2D eigenvalue weighted by atomic mass is 10.3. The SMILES string of the molecule is O=C(c1nnsc1S(=O)c1ccc(Cl)cc1)N1CCOCC1. The molecule has 0 bridgehead atoms. The fourth-order valence-electron chi connectivity index (χ4n) is 2.02. The van der Waals surface area contributed by atoms with Crippen molar-refractivity contribution in [2.45, 2.75) is 9.10 Å². The molecule has 1 aliphatic heterocycles. The van der Waals surface area contributed by atoms with Crippen molar-refractivity contribution in [3.63, 3.8) is 0 Å². The standard InChI is InChI=1S/C13H12ClN3O3S2/c14-9-1-3-10(4-2-9)22(19)13-11(15-16-21-13)12(18)17-5-7-20-8-6-17/h1-4H,5-8H2. The van der Waals surface area contributed by atoms with Crippen LogP contribution in [0.25, 0.3) is 0 Å². The lowest BCUT2D eigenvalue weighted by molar-refractivity contribution is 0.0296. The Labute approximate surface area is 138 Å². The predicted molar refractivity (Wildman–Crippen MR) is 82.8 cm³/mol. The maximum absolute atomic E-state index is 12.6. The van der Waals surface area contributed by atoms with E-state index < -0.39 is 10.8 Å². The third kappa shape index (κ3) is 3.19. The van der Waals surface area contributed by atoms with E-state index in [1.54, 1.807) is 29.2 Å². The van der Waals surface area contributed by atoms with Gasteiger partial charge < -0.3 is 9.64 Å². The van der Waals surface area contributed by atoms with Crippen LogP contribution in [0.1, 0.15) is 10.5 Å². The summed E-state index contributed by atoms with van der Waals surface area (Å²) in [7, 11) is -1.50. The van der Waals surface area contributed by atoms with Crippen LogP contribution >= 0.6 is 23.1 Å². The van der Waals surface area contributed by atoms with Crippen LogP contribution in [0, 0.1) is 0 Å². The largest absolute Gasteiger partial charge is 0.378 e. The zero-order valence-electron chi connectivity index (χ0n) is 11.4. The van der Waals surface area contributed by atoms with Gasteiger partial charge in [0.15, 0.2) is 9.90 Å². The van der Waals surface area contributed by atoms with E-state index in [1.807, 2.05) is 0 Å². The Morgan fingerprint density at radius 1 is 1.27 bits per heavy atom. The van der Waals surface area contributed by atoms with Gasteiger partial charge in [-0.25, -0.2) is 4.21 Å². The molecule has 1 unspecified atom stereocenters. The molecule has 2 aromatic rings. The van der Waals surface area contributed by atoms with Crippen molar-refractivity contribution in [1.29, 1.82) is 0 Å². The number of nitrogens with zero attached hydrogens (tertiary/aromatic N) is 3. The normalized spacial score (nSPS) is 16.5. The Morgan fingerprint density at radius 2 is 1.95 bits per heavy atom. The number of aromatic nitrogens is 2. The second-order valence-corrected chi connectivity index (χ2v) is 7.40. The predicted octanol–water partition coefficient (Wildman–Crippen LogP) is 1.83. The molecule has 6 nitrogen and oxygen atoms in total. The Hall–Kier alpha value is -1.35. The first-order valence-electron chi connectivity index (χ1n) is 6.53. The first kappa shape index (κ1) is 15.5. The van der Waals surface area contributed by atoms with Crippen molar-refractivity contribution in [2.75, 3.05) is 26.3 Å². The quantitative estimate of drug-likeness (QED) is 0.838. The Morgan fingerprint density at radius 3 is 2.64 bits per heavy atom. The summed E-state index contributed by atoms with van der Waals surface area (Å²) >= 11 is 6.81. The molecule has 9 heteroatoms. The van der Waals surface area contributed by atoms with Crippen LogP contribution in [0.15, 0.2) is 33.4 Å². The molecule has 1 aliphatic rings. The summed E-state index contributed by atoms with van der Waals surface area (Å²) in [6, 6.07) is 6.65. The number of morpholine rings is 1. The van der Waals surface area contributed by atoms with Crippen LogP contribution in [-0.4, -0.2) is 50.9 Å². The summed E-state index contributed by atoms with van der Waals surface area (Å²) < 4.78 is 22.0. The van der Waals surface area contributed by atoms with Crippen molar-refractivity contribution >= 4 is 39.8 Å². The monoisotopic (exact) mass is 357 g/mol. The van der Waals surface area contributed by atoms with Gasteiger partial charge in [-0.15, -0.1) is 5.10 Å². The number of rotatable bonds is 3. The van der Waals surface area contributed by atoms with E-state index in [1.165, 1.54) is 0 Å². The average Bonchev–Trinajstić information content (AvgIpc) is 3.04. The zero-order valence-corrected chi connectivity index (χ0v) is 13.8. The van der Waals surface area contributed by atoms with Crippen LogP contribution in [0.4, 0.5) is 0 Å². The topological polar surface area (TPSA) is 72.4 Å². The van der Waals surface area contributed by atoms with Crippen LogP contribution in [0.3, 0.4) is 0 Å². The molecule has 1 aromatic carbocycles. The molecule has 1 atom stereocenters. The smallest absolute Gasteiger partial charge is 0.276 e. The van der Waals surface area contributed by atoms with Gasteiger partial charge in [-0.3, -0.25) is 4.79 Å². The number of hydrogen-bond donors (Lipinski definition) is 0. The molecule has 1 amide bonds. The molecule has 1 saturated heterocycles. The van der Waals surface area contributed by atoms with Crippen molar-refractivity contribution in [3.8, 4) is 0 Å². The number of hydrogen-bond acceptors (Lipinski definition) is 6. The molecule has 0 radical (unpaired) electrons. The van der Waals surface area contributed by atoms with Gasteiger partial charge in [-0.05, 0) is 35.8 Å². The molecule has 0 aliphatic carbocycles. The van der Waals surface area contributed by atoms with Crippen molar-refractivity contribution in [3.05, 3.63) is 35.0 Å². The van der Waals surface area contributed by atoms with Crippen LogP contribution in [0.2, 0.25) is 5.02 Å². The molecular formula is C13H12ClN3O3S2. The van der Waals surface area contributed by atoms with E-state index in [-0.39, 0.29) is 11.6 Å². The minimum absolute atomic E-state index is 0.153. The third-order valence-electron chi connectivity index (χ3n) is 3.15. The number of halogens is 1. The highest BCUT2D eigenvalue weighted by Crippen LogP contribution is 2.24. The van der Waals surface area contributed by atoms with Gasteiger partial charge >= 0.3 is 0 Å². The molecule has 1 fully saturated rings. The molecule has 3 rings (SSSR count). The minimum atomic E-state index is -1.50. The highest BCUT2D eigenvalue weighted by molar-refractivity contribution is 7.87. The number of carbonyl (C=O) groups excluding carboxylic acids is 1. The molecule has 0 N–H and O–H groups in total. The first-order chi connectivity index (χ1) is 10.7. The minimum Gasteiger partial charge on any atom is -0.378 e. The molecule has 0 saturated carbocycles. The maximum Gasteiger partial charge on any atom is 0.276 e. The van der Waals surface area contributed by atoms with Crippen LogP contribution < -0.4 is 0 Å². The summed E-state index contributed by atoms with van der Waals surface area (Å²) in [6.07, 6.45) is 0. The van der Waals surface area contributed by atoms with Gasteiger partial charge in [0.05, 0.1) is 24.0 Å². The Balaban J connectivity index is 1.86. The zero-order chi connectivity index (χ0) is 15.5. The van der Waals surface area contributed by atoms with E-state index in [2.05, 4.69) is 9.59 Å². The summed E-state index contributed by atoms with van der Waals surface area (Å²) in [6.45, 7) is 2.00. The second kappa shape index (κ2) is 6.82. The number of benzene rings is 1. The van der Waals surface area contributed by atoms with E-state index in [4.69, 9.17) is 16.3 Å². The van der Waals surface area contributed by atoms with Crippen LogP contribution in [0.5, 0.6) is 0 Å². The number of ether oxygens (including phenoxy) is 1. The second-order valence-electron chi connectivity index (χ2n) is 4.54. The van der Waals surface area contributed by atoms with Gasteiger partial charge in [0, 0.05) is 23.0 Å². The van der Waals surface area contributed by atoms with Crippen LogP contribution in [-0.2, 0) is 15.5 Å². The van der Waals surface area contributed by atoms with E-state index in [0.29, 0.717) is 40.4 Å². The summed E-state index contributed by atoms with van der Waals surface area (Å²) in [4.78, 5) is 14.7. The average molecular weight is 358 g/mol.